The van der Waals surface area contributed by atoms with E-state index in [1.54, 1.807) is 0 Å². The average molecular weight is 618 g/mol. The van der Waals surface area contributed by atoms with Crippen LogP contribution in [0, 0.1) is 0 Å². The Labute approximate surface area is 261 Å². The first-order valence-corrected chi connectivity index (χ1v) is 18.1. The molecule has 0 saturated heterocycles. The molecule has 0 amide bonds. The Morgan fingerprint density at radius 2 is 1.56 bits per heavy atom. The number of nitrogens with zero attached hydrogens (tertiary/aromatic N) is 1. The van der Waals surface area contributed by atoms with Crippen LogP contribution in [-0.2, 0) is 6.42 Å². The lowest BCUT2D eigenvalue weighted by atomic mass is 9.89. The molecule has 1 atom stereocenters. The van der Waals surface area contributed by atoms with Crippen molar-refractivity contribution in [1.82, 2.24) is 4.90 Å². The Morgan fingerprint density at radius 3 is 2.28 bits per heavy atom. The number of alkyl halides is 3. The van der Waals surface area contributed by atoms with Crippen LogP contribution in [0.25, 0.3) is 11.1 Å². The molecule has 1 unspecified atom stereocenters. The molecule has 240 valence electrons. The van der Waals surface area contributed by atoms with Crippen LogP contribution in [0.3, 0.4) is 0 Å². The second-order valence-corrected chi connectivity index (χ2v) is 14.7. The molecule has 2 aromatic rings. The second kappa shape index (κ2) is 17.4. The number of unbranched alkanes of at least 4 members (excludes halogenated alkanes) is 3. The molecule has 2 aromatic carbocycles. The van der Waals surface area contributed by atoms with Gasteiger partial charge in [-0.2, -0.15) is 10.5 Å². The number of aromatic hydroxyl groups is 1. The van der Waals surface area contributed by atoms with Crippen LogP contribution < -0.4 is 0 Å². The summed E-state index contributed by atoms with van der Waals surface area (Å²) in [6.07, 6.45) is 11.0. The lowest BCUT2D eigenvalue weighted by Gasteiger charge is -2.26. The van der Waals surface area contributed by atoms with Gasteiger partial charge in [0.05, 0.1) is 0 Å². The third-order valence-corrected chi connectivity index (χ3v) is 10.4. The molecular formula is C37H54F3NOS. The number of fused-ring (bicyclic) bond motifs is 1. The Morgan fingerprint density at radius 1 is 0.860 bits per heavy atom. The van der Waals surface area contributed by atoms with Crippen molar-refractivity contribution in [1.29, 1.82) is 0 Å². The minimum atomic E-state index is -3.28. The van der Waals surface area contributed by atoms with Crippen LogP contribution in [0.1, 0.15) is 108 Å². The van der Waals surface area contributed by atoms with Crippen molar-refractivity contribution < 1.29 is 18.3 Å². The minimum Gasteiger partial charge on any atom is -0.508 e. The number of allylic oxidation sites excluding steroid dienone is 2. The van der Waals surface area contributed by atoms with E-state index in [0.29, 0.717) is 17.9 Å². The van der Waals surface area contributed by atoms with Crippen LogP contribution in [0.4, 0.5) is 13.2 Å². The molecule has 0 radical (unpaired) electrons. The van der Waals surface area contributed by atoms with Crippen LogP contribution in [-0.4, -0.2) is 58.6 Å². The molecule has 6 heteroatoms. The van der Waals surface area contributed by atoms with E-state index in [1.807, 2.05) is 12.1 Å². The van der Waals surface area contributed by atoms with E-state index in [1.165, 1.54) is 47.1 Å². The fourth-order valence-corrected chi connectivity index (χ4v) is 7.42. The summed E-state index contributed by atoms with van der Waals surface area (Å²) in [6, 6.07) is 16.7. The molecule has 3 rings (SSSR count). The topological polar surface area (TPSA) is 23.5 Å². The van der Waals surface area contributed by atoms with Gasteiger partial charge < -0.3 is 10.0 Å². The van der Waals surface area contributed by atoms with Crippen molar-refractivity contribution in [3.8, 4) is 5.75 Å². The van der Waals surface area contributed by atoms with Crippen molar-refractivity contribution in [2.75, 3.05) is 31.1 Å². The Bertz CT molecular complexity index is 1170. The van der Waals surface area contributed by atoms with E-state index in [4.69, 9.17) is 0 Å². The summed E-state index contributed by atoms with van der Waals surface area (Å²) in [6.45, 7) is 7.34. The summed E-state index contributed by atoms with van der Waals surface area (Å²) < 4.78 is 41.5. The third kappa shape index (κ3) is 11.4. The summed E-state index contributed by atoms with van der Waals surface area (Å²) in [5.74, 6) is 2.87. The highest BCUT2D eigenvalue weighted by Gasteiger charge is 2.46. The van der Waals surface area contributed by atoms with Gasteiger partial charge in [0.25, 0.3) is 5.92 Å². The minimum absolute atomic E-state index is 0.151. The van der Waals surface area contributed by atoms with Crippen molar-refractivity contribution in [3.63, 3.8) is 0 Å². The molecular weight excluding hydrogens is 563 g/mol. The average Bonchev–Trinajstić information content (AvgIpc) is 3.13. The lowest BCUT2D eigenvalue weighted by molar-refractivity contribution is -0.124. The van der Waals surface area contributed by atoms with Crippen LogP contribution in [0.5, 0.6) is 5.75 Å². The summed E-state index contributed by atoms with van der Waals surface area (Å²) in [4.78, 5) is 2.54. The van der Waals surface area contributed by atoms with E-state index in [2.05, 4.69) is 54.1 Å². The first-order valence-electron chi connectivity index (χ1n) is 16.4. The van der Waals surface area contributed by atoms with Crippen molar-refractivity contribution in [2.45, 2.75) is 109 Å². The van der Waals surface area contributed by atoms with Gasteiger partial charge in [0, 0.05) is 6.42 Å². The summed E-state index contributed by atoms with van der Waals surface area (Å²) in [5, 5.41) is 10.1. The van der Waals surface area contributed by atoms with Crippen molar-refractivity contribution in [2.24, 2.45) is 0 Å². The predicted molar refractivity (Wildman–Crippen MR) is 183 cm³/mol. The molecule has 2 nitrogen and oxygen atoms in total. The molecule has 43 heavy (non-hydrogen) atoms. The quantitative estimate of drug-likeness (QED) is 0.125. The van der Waals surface area contributed by atoms with Gasteiger partial charge in [-0.25, -0.2) is 13.2 Å². The third-order valence-electron chi connectivity index (χ3n) is 8.67. The number of rotatable bonds is 19. The predicted octanol–water partition coefficient (Wildman–Crippen LogP) is 10.6. The highest BCUT2D eigenvalue weighted by molar-refractivity contribution is 8.14. The summed E-state index contributed by atoms with van der Waals surface area (Å²) in [7, 11) is -0.151. The van der Waals surface area contributed by atoms with E-state index >= 15 is 0 Å². The fraction of sp³-hybridized carbons (Fsp3) is 0.595. The molecule has 1 aliphatic rings. The van der Waals surface area contributed by atoms with E-state index in [9.17, 15) is 18.3 Å². The van der Waals surface area contributed by atoms with E-state index in [0.717, 1.165) is 84.2 Å². The number of phenolic OH excluding ortho intramolecular Hbond substituents is 1. The van der Waals surface area contributed by atoms with Gasteiger partial charge in [-0.3, -0.25) is 0 Å². The van der Waals surface area contributed by atoms with Gasteiger partial charge >= 0.3 is 0 Å². The maximum Gasteiger partial charge on any atom is 0.280 e. The van der Waals surface area contributed by atoms with Crippen LogP contribution >= 0.6 is 10.5 Å². The van der Waals surface area contributed by atoms with Gasteiger partial charge in [-0.15, -0.1) is 0 Å². The van der Waals surface area contributed by atoms with Crippen molar-refractivity contribution >= 4 is 27.5 Å². The van der Waals surface area contributed by atoms with Crippen molar-refractivity contribution in [3.05, 3.63) is 65.2 Å². The number of benzene rings is 2. The number of aryl methyl sites for hydroxylation is 1. The maximum atomic E-state index is 13.9. The highest BCUT2D eigenvalue weighted by Crippen LogP contribution is 2.40. The zero-order valence-electron chi connectivity index (χ0n) is 26.8. The standard InChI is InChI=1S/C37H54F3NOS/c1-5-24-41(26-15-28-43(4)27-14-23-37(39,40)36(2,3)38)25-12-7-6-11-19-35-33(30-16-9-8-10-17-30)20-13-18-31-29-32(42)21-22-34(31)35/h8-10,16-17,21-22,29,42H,4-7,11-15,18-20,23-28H2,1-3H3. The molecule has 0 saturated carbocycles. The van der Waals surface area contributed by atoms with Gasteiger partial charge in [0.1, 0.15) is 5.75 Å². The summed E-state index contributed by atoms with van der Waals surface area (Å²) in [5.41, 5.74) is 4.34. The zero-order valence-corrected chi connectivity index (χ0v) is 27.6. The first-order chi connectivity index (χ1) is 20.5. The second-order valence-electron chi connectivity index (χ2n) is 12.7. The lowest BCUT2D eigenvalue weighted by Crippen LogP contribution is -2.38. The Kier molecular flexibility index (Phi) is 14.4. The Hall–Kier alpha value is -2.05. The van der Waals surface area contributed by atoms with Gasteiger partial charge in [0.2, 0.25) is 0 Å². The van der Waals surface area contributed by atoms with Crippen LogP contribution in [0.15, 0.2) is 48.5 Å². The van der Waals surface area contributed by atoms with Gasteiger partial charge in [-0.05, 0) is 143 Å². The smallest absolute Gasteiger partial charge is 0.280 e. The largest absolute Gasteiger partial charge is 0.508 e. The monoisotopic (exact) mass is 617 g/mol. The molecule has 0 bridgehead atoms. The molecule has 0 aliphatic heterocycles. The zero-order chi connectivity index (χ0) is 31.3. The normalized spacial score (nSPS) is 15.0. The number of hydrogen-bond acceptors (Lipinski definition) is 2. The maximum absolute atomic E-state index is 13.9. The molecule has 0 aromatic heterocycles. The number of halogens is 3. The van der Waals surface area contributed by atoms with Gasteiger partial charge in [-0.1, -0.05) is 62.0 Å². The number of hydrogen-bond donors (Lipinski definition) is 1. The SMILES string of the molecule is C=S(CCCN(CCC)CCCCCCC1=C(c2ccccc2)CCCc2cc(O)ccc21)CCCC(F)(F)C(C)(C)F. The molecule has 0 fully saturated rings. The first kappa shape index (κ1) is 35.4. The molecule has 1 N–H and O–H groups in total. The Balaban J connectivity index is 1.43. The van der Waals surface area contributed by atoms with Crippen LogP contribution in [0.2, 0.25) is 0 Å². The van der Waals surface area contributed by atoms with Gasteiger partial charge in [0.15, 0.2) is 5.67 Å². The number of phenols is 1. The fourth-order valence-electron chi connectivity index (χ4n) is 6.13. The molecule has 0 spiro atoms. The molecule has 0 heterocycles. The molecule has 1 aliphatic carbocycles. The van der Waals surface area contributed by atoms with E-state index in [-0.39, 0.29) is 10.5 Å². The summed E-state index contributed by atoms with van der Waals surface area (Å²) >= 11 is 0. The van der Waals surface area contributed by atoms with E-state index < -0.39 is 18.0 Å². The highest BCUT2D eigenvalue weighted by atomic mass is 32.2.